The van der Waals surface area contributed by atoms with E-state index in [4.69, 9.17) is 12.2 Å². The minimum atomic E-state index is -0.684. The van der Waals surface area contributed by atoms with E-state index in [-0.39, 0.29) is 5.69 Å². The van der Waals surface area contributed by atoms with Crippen molar-refractivity contribution in [3.05, 3.63) is 59.9 Å². The van der Waals surface area contributed by atoms with Crippen LogP contribution in [0.25, 0.3) is 0 Å². The monoisotopic (exact) mass is 276 g/mol. The summed E-state index contributed by atoms with van der Waals surface area (Å²) in [5.41, 5.74) is 1.32. The molecule has 0 radical (unpaired) electrons. The number of hydrogen-bond donors (Lipinski definition) is 3. The van der Waals surface area contributed by atoms with Gasteiger partial charge in [-0.3, -0.25) is 0 Å². The van der Waals surface area contributed by atoms with Crippen molar-refractivity contribution >= 4 is 23.0 Å². The van der Waals surface area contributed by atoms with E-state index in [1.807, 2.05) is 30.3 Å². The Bertz CT molecular complexity index is 575. The van der Waals surface area contributed by atoms with Crippen molar-refractivity contribution in [1.29, 1.82) is 0 Å². The largest absolute Gasteiger partial charge is 0.503 e. The standard InChI is InChI=1S/C14H13FN2OS/c15-11-7-4-8-12(13(11)18)17-14(19)16-9-10-5-2-1-3-6-10/h1-8,18H,9H2,(H2,16,17,19). The predicted octanol–water partition coefficient (Wildman–Crippen LogP) is 3.02. The van der Waals surface area contributed by atoms with Crippen LogP contribution in [0.1, 0.15) is 5.56 Å². The van der Waals surface area contributed by atoms with Crippen LogP contribution in [0.4, 0.5) is 10.1 Å². The summed E-state index contributed by atoms with van der Waals surface area (Å²) in [7, 11) is 0. The molecular weight excluding hydrogens is 263 g/mol. The topological polar surface area (TPSA) is 44.3 Å². The molecule has 0 spiro atoms. The van der Waals surface area contributed by atoms with Crippen LogP contribution in [-0.2, 0) is 6.54 Å². The number of benzene rings is 2. The molecule has 3 nitrogen and oxygen atoms in total. The average Bonchev–Trinajstić information content (AvgIpc) is 2.43. The van der Waals surface area contributed by atoms with Crippen LogP contribution in [-0.4, -0.2) is 10.2 Å². The highest BCUT2D eigenvalue weighted by molar-refractivity contribution is 7.80. The van der Waals surface area contributed by atoms with Gasteiger partial charge in [0.05, 0.1) is 5.69 Å². The van der Waals surface area contributed by atoms with E-state index < -0.39 is 11.6 Å². The molecule has 0 heterocycles. The van der Waals surface area contributed by atoms with Crippen LogP contribution >= 0.6 is 12.2 Å². The van der Waals surface area contributed by atoms with Gasteiger partial charge in [0.1, 0.15) is 0 Å². The Labute approximate surface area is 116 Å². The summed E-state index contributed by atoms with van der Waals surface area (Å²) in [6, 6.07) is 14.0. The second-order valence-electron chi connectivity index (χ2n) is 3.93. The van der Waals surface area contributed by atoms with Gasteiger partial charge < -0.3 is 15.7 Å². The summed E-state index contributed by atoms with van der Waals surface area (Å²) in [5, 5.41) is 15.6. The zero-order valence-electron chi connectivity index (χ0n) is 10.1. The third-order valence-corrected chi connectivity index (χ3v) is 2.78. The molecule has 0 saturated carbocycles. The number of aromatic hydroxyl groups is 1. The molecule has 2 aromatic rings. The van der Waals surface area contributed by atoms with Crippen LogP contribution in [0.15, 0.2) is 48.5 Å². The van der Waals surface area contributed by atoms with Crippen molar-refractivity contribution in [2.45, 2.75) is 6.54 Å². The molecule has 3 N–H and O–H groups in total. The van der Waals surface area contributed by atoms with Crippen LogP contribution < -0.4 is 10.6 Å². The summed E-state index contributed by atoms with van der Waals surface area (Å²) in [6.07, 6.45) is 0. The molecule has 0 atom stereocenters. The van der Waals surface area contributed by atoms with Gasteiger partial charge in [-0.05, 0) is 29.9 Å². The first-order valence-electron chi connectivity index (χ1n) is 5.73. The molecule has 0 aliphatic rings. The normalized spacial score (nSPS) is 9.95. The first-order valence-corrected chi connectivity index (χ1v) is 6.14. The van der Waals surface area contributed by atoms with Crippen LogP contribution in [0, 0.1) is 5.82 Å². The highest BCUT2D eigenvalue weighted by atomic mass is 32.1. The van der Waals surface area contributed by atoms with E-state index in [9.17, 15) is 9.50 Å². The highest BCUT2D eigenvalue weighted by Crippen LogP contribution is 2.25. The van der Waals surface area contributed by atoms with Crippen molar-refractivity contribution in [3.63, 3.8) is 0 Å². The summed E-state index contributed by atoms with van der Waals surface area (Å²) in [4.78, 5) is 0. The smallest absolute Gasteiger partial charge is 0.175 e. The van der Waals surface area contributed by atoms with Crippen molar-refractivity contribution in [1.82, 2.24) is 5.32 Å². The molecule has 0 aromatic heterocycles. The summed E-state index contributed by atoms with van der Waals surface area (Å²) >= 11 is 5.08. The maximum Gasteiger partial charge on any atom is 0.175 e. The zero-order chi connectivity index (χ0) is 13.7. The van der Waals surface area contributed by atoms with Gasteiger partial charge in [0.25, 0.3) is 0 Å². The molecule has 0 amide bonds. The van der Waals surface area contributed by atoms with Crippen molar-refractivity contribution in [2.24, 2.45) is 0 Å². The highest BCUT2D eigenvalue weighted by Gasteiger charge is 2.07. The predicted molar refractivity (Wildman–Crippen MR) is 77.6 cm³/mol. The molecule has 0 saturated heterocycles. The average molecular weight is 276 g/mol. The fraction of sp³-hybridized carbons (Fsp3) is 0.0714. The number of halogens is 1. The summed E-state index contributed by atoms with van der Waals surface area (Å²) < 4.78 is 13.1. The quantitative estimate of drug-likeness (QED) is 0.595. The number of rotatable bonds is 3. The van der Waals surface area contributed by atoms with Gasteiger partial charge in [-0.1, -0.05) is 36.4 Å². The fourth-order valence-electron chi connectivity index (χ4n) is 1.56. The Hall–Kier alpha value is -2.14. The lowest BCUT2D eigenvalue weighted by Gasteiger charge is -2.11. The Kier molecular flexibility index (Phi) is 4.30. The Balaban J connectivity index is 1.93. The molecule has 0 fully saturated rings. The summed E-state index contributed by atoms with van der Waals surface area (Å²) in [5.74, 6) is -1.12. The second-order valence-corrected chi connectivity index (χ2v) is 4.34. The number of anilines is 1. The third-order valence-electron chi connectivity index (χ3n) is 2.53. The van der Waals surface area contributed by atoms with Gasteiger partial charge in [0, 0.05) is 6.54 Å². The zero-order valence-corrected chi connectivity index (χ0v) is 10.9. The number of nitrogens with one attached hydrogen (secondary N) is 2. The molecule has 98 valence electrons. The van der Waals surface area contributed by atoms with Crippen LogP contribution in [0.3, 0.4) is 0 Å². The van der Waals surface area contributed by atoms with Gasteiger partial charge in [-0.15, -0.1) is 0 Å². The maximum absolute atomic E-state index is 13.1. The Morgan fingerprint density at radius 2 is 1.84 bits per heavy atom. The summed E-state index contributed by atoms with van der Waals surface area (Å²) in [6.45, 7) is 0.558. The molecule has 2 rings (SSSR count). The van der Waals surface area contributed by atoms with Crippen molar-refractivity contribution in [2.75, 3.05) is 5.32 Å². The molecule has 0 unspecified atom stereocenters. The van der Waals surface area contributed by atoms with Gasteiger partial charge in [-0.2, -0.15) is 0 Å². The van der Waals surface area contributed by atoms with E-state index in [2.05, 4.69) is 10.6 Å². The van der Waals surface area contributed by atoms with Crippen molar-refractivity contribution < 1.29 is 9.50 Å². The lowest BCUT2D eigenvalue weighted by atomic mass is 10.2. The van der Waals surface area contributed by atoms with Crippen LogP contribution in [0.5, 0.6) is 5.75 Å². The number of phenolic OH excluding ortho intramolecular Hbond substituents is 1. The fourth-order valence-corrected chi connectivity index (χ4v) is 1.74. The van der Waals surface area contributed by atoms with Gasteiger partial charge >= 0.3 is 0 Å². The van der Waals surface area contributed by atoms with E-state index in [1.165, 1.54) is 12.1 Å². The number of para-hydroxylation sites is 1. The number of thiocarbonyl (C=S) groups is 1. The van der Waals surface area contributed by atoms with Gasteiger partial charge in [0.2, 0.25) is 0 Å². The van der Waals surface area contributed by atoms with Crippen LogP contribution in [0.2, 0.25) is 0 Å². The maximum atomic E-state index is 13.1. The molecule has 2 aromatic carbocycles. The van der Waals surface area contributed by atoms with E-state index >= 15 is 0 Å². The van der Waals surface area contributed by atoms with Crippen molar-refractivity contribution in [3.8, 4) is 5.75 Å². The molecular formula is C14H13FN2OS. The Morgan fingerprint density at radius 3 is 2.58 bits per heavy atom. The first kappa shape index (κ1) is 13.3. The van der Waals surface area contributed by atoms with E-state index in [0.717, 1.165) is 5.56 Å². The van der Waals surface area contributed by atoms with E-state index in [0.29, 0.717) is 11.7 Å². The minimum Gasteiger partial charge on any atom is -0.503 e. The lowest BCUT2D eigenvalue weighted by Crippen LogP contribution is -2.27. The van der Waals surface area contributed by atoms with E-state index in [1.54, 1.807) is 6.07 Å². The third kappa shape index (κ3) is 3.66. The minimum absolute atomic E-state index is 0.241. The SMILES string of the molecule is Oc1c(F)cccc1NC(=S)NCc1ccccc1. The molecule has 5 heteroatoms. The van der Waals surface area contributed by atoms with Gasteiger partial charge in [-0.25, -0.2) is 4.39 Å². The molecule has 19 heavy (non-hydrogen) atoms. The second kappa shape index (κ2) is 6.15. The lowest BCUT2D eigenvalue weighted by molar-refractivity contribution is 0.435. The molecule has 0 aliphatic carbocycles. The van der Waals surface area contributed by atoms with Gasteiger partial charge in [0.15, 0.2) is 16.7 Å². The number of phenols is 1. The first-order chi connectivity index (χ1) is 9.16. The number of hydrogen-bond acceptors (Lipinski definition) is 2. The Morgan fingerprint density at radius 1 is 1.11 bits per heavy atom. The molecule has 0 bridgehead atoms. The molecule has 0 aliphatic heterocycles.